The topological polar surface area (TPSA) is 38.6 Å². The number of pyridine rings is 1. The molecule has 5 nitrogen and oxygen atoms in total. The zero-order valence-electron chi connectivity index (χ0n) is 30.2. The number of furan rings is 1. The lowest BCUT2D eigenvalue weighted by molar-refractivity contribution is 0.669. The van der Waals surface area contributed by atoms with E-state index in [1.54, 1.807) is 0 Å². The van der Waals surface area contributed by atoms with Crippen LogP contribution in [0.1, 0.15) is 0 Å². The van der Waals surface area contributed by atoms with Gasteiger partial charge in [0, 0.05) is 50.5 Å². The molecule has 12 rings (SSSR count). The smallest absolute Gasteiger partial charge is 0.138 e. The van der Waals surface area contributed by atoms with Gasteiger partial charge in [0.1, 0.15) is 16.8 Å². The molecular formula is C51H32N4O. The number of hydrogen-bond acceptors (Lipinski definition) is 3. The Morgan fingerprint density at radius 1 is 0.446 bits per heavy atom. The Morgan fingerprint density at radius 2 is 1.20 bits per heavy atom. The molecule has 8 aromatic carbocycles. The summed E-state index contributed by atoms with van der Waals surface area (Å²) in [5.41, 5.74) is 13.8. The number of para-hydroxylation sites is 4. The summed E-state index contributed by atoms with van der Waals surface area (Å²) in [6.07, 6.45) is 2.26. The third-order valence-electron chi connectivity index (χ3n) is 11.3. The van der Waals surface area contributed by atoms with Crippen molar-refractivity contribution < 1.29 is 4.42 Å². The molecule has 0 bridgehead atoms. The fraction of sp³-hybridized carbons (Fsp3) is 0. The maximum atomic E-state index is 6.19. The molecule has 0 amide bonds. The third-order valence-corrected chi connectivity index (χ3v) is 11.3. The molecule has 4 heterocycles. The molecular weight excluding hydrogens is 685 g/mol. The summed E-state index contributed by atoms with van der Waals surface area (Å²) in [6, 6.07) is 66.8. The summed E-state index contributed by atoms with van der Waals surface area (Å²) >= 11 is 0. The van der Waals surface area contributed by atoms with Gasteiger partial charge in [0.25, 0.3) is 0 Å². The van der Waals surface area contributed by atoms with Crippen molar-refractivity contribution in [3.63, 3.8) is 0 Å². The molecule has 0 aliphatic rings. The van der Waals surface area contributed by atoms with Crippen molar-refractivity contribution in [2.24, 2.45) is 0 Å². The maximum absolute atomic E-state index is 6.19. The van der Waals surface area contributed by atoms with Gasteiger partial charge in [-0.25, -0.2) is 4.98 Å². The molecule has 56 heavy (non-hydrogen) atoms. The predicted octanol–water partition coefficient (Wildman–Crippen LogP) is 13.8. The molecule has 0 unspecified atom stereocenters. The maximum Gasteiger partial charge on any atom is 0.138 e. The van der Waals surface area contributed by atoms with E-state index in [0.717, 1.165) is 72.6 Å². The highest BCUT2D eigenvalue weighted by atomic mass is 16.3. The zero-order valence-corrected chi connectivity index (χ0v) is 30.2. The predicted molar refractivity (Wildman–Crippen MR) is 232 cm³/mol. The van der Waals surface area contributed by atoms with E-state index in [9.17, 15) is 0 Å². The number of aromatic nitrogens is 3. The van der Waals surface area contributed by atoms with Gasteiger partial charge in [-0.2, -0.15) is 0 Å². The van der Waals surface area contributed by atoms with Crippen molar-refractivity contribution in [2.75, 3.05) is 4.90 Å². The molecule has 262 valence electrons. The average Bonchev–Trinajstić information content (AvgIpc) is 3.92. The molecule has 0 fully saturated rings. The van der Waals surface area contributed by atoms with Crippen LogP contribution in [0.4, 0.5) is 17.1 Å². The number of benzene rings is 8. The Morgan fingerprint density at radius 3 is 2.04 bits per heavy atom. The van der Waals surface area contributed by atoms with E-state index in [2.05, 4.69) is 196 Å². The van der Waals surface area contributed by atoms with Crippen molar-refractivity contribution in [2.45, 2.75) is 0 Å². The van der Waals surface area contributed by atoms with Crippen molar-refractivity contribution in [1.82, 2.24) is 14.0 Å². The van der Waals surface area contributed by atoms with E-state index in [1.807, 2.05) is 12.1 Å². The molecule has 0 atom stereocenters. The van der Waals surface area contributed by atoms with Crippen molar-refractivity contribution in [3.05, 3.63) is 194 Å². The first-order valence-electron chi connectivity index (χ1n) is 19.0. The van der Waals surface area contributed by atoms with E-state index in [1.165, 1.54) is 32.5 Å². The molecule has 0 aliphatic carbocycles. The first-order chi connectivity index (χ1) is 27.7. The monoisotopic (exact) mass is 716 g/mol. The van der Waals surface area contributed by atoms with E-state index in [4.69, 9.17) is 9.40 Å². The van der Waals surface area contributed by atoms with Crippen LogP contribution in [-0.2, 0) is 0 Å². The van der Waals surface area contributed by atoms with Crippen LogP contribution in [0.25, 0.3) is 88.0 Å². The summed E-state index contributed by atoms with van der Waals surface area (Å²) in [5.74, 6) is 0. The number of hydrogen-bond donors (Lipinski definition) is 0. The lowest BCUT2D eigenvalue weighted by atomic mass is 9.98. The van der Waals surface area contributed by atoms with Gasteiger partial charge in [-0.15, -0.1) is 0 Å². The summed E-state index contributed by atoms with van der Waals surface area (Å²) in [7, 11) is 0. The Hall–Kier alpha value is -7.63. The minimum atomic E-state index is 0.918. The highest BCUT2D eigenvalue weighted by Gasteiger charge is 2.18. The van der Waals surface area contributed by atoms with Crippen LogP contribution in [0.3, 0.4) is 0 Å². The summed E-state index contributed by atoms with van der Waals surface area (Å²) in [5, 5.41) is 7.08. The first kappa shape index (κ1) is 30.8. The zero-order chi connectivity index (χ0) is 36.7. The third kappa shape index (κ3) is 4.64. The summed E-state index contributed by atoms with van der Waals surface area (Å²) in [4.78, 5) is 7.50. The number of imidazole rings is 1. The quantitative estimate of drug-likeness (QED) is 0.178. The Bertz CT molecular complexity index is 3450. The second kappa shape index (κ2) is 11.9. The van der Waals surface area contributed by atoms with Crippen LogP contribution in [0.2, 0.25) is 0 Å². The number of fused-ring (bicyclic) bond motifs is 11. The van der Waals surface area contributed by atoms with Crippen molar-refractivity contribution >= 4 is 88.3 Å². The van der Waals surface area contributed by atoms with Crippen LogP contribution in [0, 0.1) is 0 Å². The minimum absolute atomic E-state index is 0.918. The fourth-order valence-corrected chi connectivity index (χ4v) is 8.73. The fourth-order valence-electron chi connectivity index (χ4n) is 8.73. The molecule has 0 saturated carbocycles. The summed E-state index contributed by atoms with van der Waals surface area (Å²) in [6.45, 7) is 0. The summed E-state index contributed by atoms with van der Waals surface area (Å²) < 4.78 is 10.8. The number of nitrogens with zero attached hydrogens (tertiary/aromatic N) is 4. The van der Waals surface area contributed by atoms with E-state index in [-0.39, 0.29) is 0 Å². The molecule has 0 radical (unpaired) electrons. The largest absolute Gasteiger partial charge is 0.456 e. The lowest BCUT2D eigenvalue weighted by Crippen LogP contribution is -2.09. The van der Waals surface area contributed by atoms with Gasteiger partial charge in [0.15, 0.2) is 0 Å². The van der Waals surface area contributed by atoms with Gasteiger partial charge >= 0.3 is 0 Å². The van der Waals surface area contributed by atoms with E-state index >= 15 is 0 Å². The van der Waals surface area contributed by atoms with Crippen molar-refractivity contribution in [1.29, 1.82) is 0 Å². The second-order valence-corrected chi connectivity index (χ2v) is 14.5. The van der Waals surface area contributed by atoms with Crippen LogP contribution >= 0.6 is 0 Å². The molecule has 0 spiro atoms. The number of anilines is 3. The molecule has 5 heteroatoms. The molecule has 12 aromatic rings. The van der Waals surface area contributed by atoms with Crippen LogP contribution in [0.15, 0.2) is 199 Å². The van der Waals surface area contributed by atoms with Gasteiger partial charge in [0.05, 0.1) is 22.1 Å². The Balaban J connectivity index is 1.00. The van der Waals surface area contributed by atoms with Gasteiger partial charge in [0.2, 0.25) is 0 Å². The SMILES string of the molecule is c1ccc(N(c2ccccc2)c2ccc3c(c2)nc2cc4c5ccccc5n(-c5cccc(-c6ccc7c(ccc8oc9ccccc9c87)c6)c5)c4cn23)cc1. The first-order valence-corrected chi connectivity index (χ1v) is 19.0. The number of rotatable bonds is 5. The molecule has 4 aromatic heterocycles. The molecule has 0 N–H and O–H groups in total. The van der Waals surface area contributed by atoms with Gasteiger partial charge in [-0.1, -0.05) is 103 Å². The van der Waals surface area contributed by atoms with Crippen LogP contribution in [0.5, 0.6) is 0 Å². The average molecular weight is 717 g/mol. The Labute approximate surface area is 321 Å². The van der Waals surface area contributed by atoms with Gasteiger partial charge < -0.3 is 13.9 Å². The van der Waals surface area contributed by atoms with Crippen LogP contribution < -0.4 is 4.90 Å². The second-order valence-electron chi connectivity index (χ2n) is 14.5. The normalized spacial score (nSPS) is 11.9. The van der Waals surface area contributed by atoms with E-state index in [0.29, 0.717) is 0 Å². The van der Waals surface area contributed by atoms with Crippen LogP contribution in [-0.4, -0.2) is 14.0 Å². The standard InChI is InChI=1S/C51H32N4O/c1-3-13-36(14-4-1)54(37-15-5-2-6-16-37)39-24-26-46-44(30-39)52-50-31-43-41-18-7-9-20-45(41)55(47(43)32-53(46)50)38-17-11-12-33(29-38)34-22-25-40-35(28-34)23-27-49-51(40)42-19-8-10-21-48(42)56-49/h1-32H. The van der Waals surface area contributed by atoms with E-state index < -0.39 is 0 Å². The Kier molecular flexibility index (Phi) is 6.56. The van der Waals surface area contributed by atoms with Gasteiger partial charge in [-0.05, 0) is 107 Å². The highest BCUT2D eigenvalue weighted by molar-refractivity contribution is 6.19. The minimum Gasteiger partial charge on any atom is -0.456 e. The highest BCUT2D eigenvalue weighted by Crippen LogP contribution is 2.40. The van der Waals surface area contributed by atoms with Crippen molar-refractivity contribution in [3.8, 4) is 16.8 Å². The lowest BCUT2D eigenvalue weighted by Gasteiger charge is -2.25. The molecule has 0 aliphatic heterocycles. The molecule has 0 saturated heterocycles. The van der Waals surface area contributed by atoms with Gasteiger partial charge in [-0.3, -0.25) is 4.40 Å².